The lowest BCUT2D eigenvalue weighted by Crippen LogP contribution is -2.18. The van der Waals surface area contributed by atoms with Gasteiger partial charge in [-0.15, -0.1) is 0 Å². The Labute approximate surface area is 210 Å². The summed E-state index contributed by atoms with van der Waals surface area (Å²) in [7, 11) is 0. The monoisotopic (exact) mass is 524 g/mol. The fourth-order valence-electron chi connectivity index (χ4n) is 3.04. The predicted molar refractivity (Wildman–Crippen MR) is 134 cm³/mol. The number of aliphatic hydroxyl groups excluding tert-OH is 4. The van der Waals surface area contributed by atoms with Gasteiger partial charge in [0.2, 0.25) is 0 Å². The van der Waals surface area contributed by atoms with E-state index in [1.807, 2.05) is 13.8 Å². The molecule has 2 aromatic carbocycles. The molecule has 0 saturated carbocycles. The van der Waals surface area contributed by atoms with Crippen molar-refractivity contribution in [1.82, 2.24) is 0 Å². The molecule has 8 heteroatoms. The van der Waals surface area contributed by atoms with Gasteiger partial charge in [0, 0.05) is 31.2 Å². The molecule has 2 rings (SSSR count). The van der Waals surface area contributed by atoms with E-state index >= 15 is 0 Å². The lowest BCUT2D eigenvalue weighted by Gasteiger charge is -2.19. The number of rotatable bonds is 10. The van der Waals surface area contributed by atoms with Gasteiger partial charge >= 0.3 is 0 Å². The van der Waals surface area contributed by atoms with Gasteiger partial charge in [0.1, 0.15) is 12.2 Å². The molecule has 32 heavy (non-hydrogen) atoms. The maximum atomic E-state index is 9.91. The van der Waals surface area contributed by atoms with Crippen LogP contribution < -0.4 is 0 Å². The average Bonchev–Trinajstić information content (AvgIpc) is 2.75. The smallest absolute Gasteiger partial charge is 0.106 e. The van der Waals surface area contributed by atoms with Crippen molar-refractivity contribution in [2.24, 2.45) is 0 Å². The highest BCUT2D eigenvalue weighted by Gasteiger charge is 2.21. The second-order valence-corrected chi connectivity index (χ2v) is 9.33. The molecule has 4 atom stereocenters. The van der Waals surface area contributed by atoms with Gasteiger partial charge in [0.15, 0.2) is 0 Å². The molecule has 0 aliphatic rings. The van der Waals surface area contributed by atoms with E-state index in [4.69, 9.17) is 46.4 Å². The van der Waals surface area contributed by atoms with Crippen LogP contribution in [-0.4, -0.2) is 32.6 Å². The Balaban J connectivity index is 0.000000320. The van der Waals surface area contributed by atoms with Crippen LogP contribution in [-0.2, 0) is 0 Å². The first-order valence-electron chi connectivity index (χ1n) is 10.7. The van der Waals surface area contributed by atoms with E-state index in [0.717, 1.165) is 25.7 Å². The Kier molecular flexibility index (Phi) is 14.1. The second-order valence-electron chi connectivity index (χ2n) is 7.64. The van der Waals surface area contributed by atoms with Crippen molar-refractivity contribution in [3.05, 3.63) is 67.6 Å². The third-order valence-electron chi connectivity index (χ3n) is 5.00. The van der Waals surface area contributed by atoms with E-state index < -0.39 is 24.4 Å². The molecule has 0 bridgehead atoms. The number of unbranched alkanes of at least 4 members (excludes halogenated alkanes) is 2. The summed E-state index contributed by atoms with van der Waals surface area (Å²) in [5.74, 6) is 0. The largest absolute Gasteiger partial charge is 0.390 e. The predicted octanol–water partition coefficient (Wildman–Crippen LogP) is 7.16. The lowest BCUT2D eigenvalue weighted by molar-refractivity contribution is 0.0123. The summed E-state index contributed by atoms with van der Waals surface area (Å²) < 4.78 is 0. The van der Waals surface area contributed by atoms with Crippen LogP contribution in [0.1, 0.15) is 75.7 Å². The van der Waals surface area contributed by atoms with Crippen LogP contribution in [0.4, 0.5) is 0 Å². The molecule has 0 spiro atoms. The summed E-state index contributed by atoms with van der Waals surface area (Å²) >= 11 is 23.4. The van der Waals surface area contributed by atoms with Crippen LogP contribution in [0.3, 0.4) is 0 Å². The summed E-state index contributed by atoms with van der Waals surface area (Å²) in [5.41, 5.74) is 1.05. The molecular weight excluding hydrogens is 494 g/mol. The van der Waals surface area contributed by atoms with Crippen molar-refractivity contribution in [3.8, 4) is 0 Å². The normalized spacial score (nSPS) is 14.8. The molecule has 0 aliphatic heterocycles. The minimum Gasteiger partial charge on any atom is -0.390 e. The number of aliphatic hydroxyl groups is 4. The first-order chi connectivity index (χ1) is 15.1. The van der Waals surface area contributed by atoms with E-state index in [2.05, 4.69) is 0 Å². The molecule has 0 saturated heterocycles. The molecule has 4 nitrogen and oxygen atoms in total. The van der Waals surface area contributed by atoms with Gasteiger partial charge in [-0.25, -0.2) is 0 Å². The van der Waals surface area contributed by atoms with Crippen molar-refractivity contribution in [2.45, 2.75) is 76.8 Å². The zero-order valence-corrected chi connectivity index (χ0v) is 21.3. The number of halogens is 4. The zero-order chi connectivity index (χ0) is 24.3. The minimum absolute atomic E-state index is 0.385. The highest BCUT2D eigenvalue weighted by atomic mass is 35.5. The van der Waals surface area contributed by atoms with Crippen LogP contribution in [0.5, 0.6) is 0 Å². The molecule has 0 aliphatic carbocycles. The Hall–Kier alpha value is -0.560. The van der Waals surface area contributed by atoms with Gasteiger partial charge in [0.05, 0.1) is 12.2 Å². The number of benzene rings is 2. The topological polar surface area (TPSA) is 80.9 Å². The van der Waals surface area contributed by atoms with Gasteiger partial charge < -0.3 is 20.4 Å². The van der Waals surface area contributed by atoms with Gasteiger partial charge in [-0.2, -0.15) is 0 Å². The maximum absolute atomic E-state index is 9.91. The van der Waals surface area contributed by atoms with Crippen LogP contribution in [0.2, 0.25) is 20.1 Å². The van der Waals surface area contributed by atoms with Crippen LogP contribution >= 0.6 is 46.4 Å². The summed E-state index contributed by atoms with van der Waals surface area (Å²) in [6.45, 7) is 4.07. The molecule has 2 aromatic rings. The van der Waals surface area contributed by atoms with Gasteiger partial charge in [0.25, 0.3) is 0 Å². The standard InChI is InChI=1S/2C12H16Cl2O2/c2*1-2-3-4-11(15)12(16)9-6-5-8(13)7-10(9)14/h2*5-7,11-12,15-16H,2-4H2,1H3/t2*11-,12-/m10/s1. The third-order valence-corrected chi connectivity index (χ3v) is 6.12. The summed E-state index contributed by atoms with van der Waals surface area (Å²) in [5, 5.41) is 41.1. The van der Waals surface area contributed by atoms with E-state index in [1.165, 1.54) is 0 Å². The Morgan fingerprint density at radius 3 is 1.25 bits per heavy atom. The molecular formula is C24H32Cl4O4. The van der Waals surface area contributed by atoms with Crippen LogP contribution in [0.25, 0.3) is 0 Å². The van der Waals surface area contributed by atoms with Crippen LogP contribution in [0.15, 0.2) is 36.4 Å². The highest BCUT2D eigenvalue weighted by molar-refractivity contribution is 6.35. The summed E-state index contributed by atoms with van der Waals surface area (Å²) in [6.07, 6.45) is 1.40. The van der Waals surface area contributed by atoms with Gasteiger partial charge in [-0.3, -0.25) is 0 Å². The SMILES string of the molecule is CCCC[C@@H](O)[C@H](O)c1ccc(Cl)cc1Cl.CCCC[C@H](O)[C@@H](O)c1ccc(Cl)cc1Cl. The second kappa shape index (κ2) is 15.4. The molecule has 0 amide bonds. The Bertz CT molecular complexity index is 751. The molecule has 0 radical (unpaired) electrons. The molecule has 4 N–H and O–H groups in total. The third kappa shape index (κ3) is 9.74. The molecule has 0 fully saturated rings. The highest BCUT2D eigenvalue weighted by Crippen LogP contribution is 2.30. The van der Waals surface area contributed by atoms with E-state index in [0.29, 0.717) is 44.1 Å². The van der Waals surface area contributed by atoms with Crippen molar-refractivity contribution in [1.29, 1.82) is 0 Å². The fraction of sp³-hybridized carbons (Fsp3) is 0.500. The minimum atomic E-state index is -0.948. The van der Waals surface area contributed by atoms with Gasteiger partial charge in [-0.1, -0.05) is 98.1 Å². The lowest BCUT2D eigenvalue weighted by atomic mass is 10.0. The van der Waals surface area contributed by atoms with E-state index in [-0.39, 0.29) is 0 Å². The van der Waals surface area contributed by atoms with Crippen molar-refractivity contribution in [2.75, 3.05) is 0 Å². The molecule has 0 unspecified atom stereocenters. The summed E-state index contributed by atoms with van der Waals surface area (Å²) in [4.78, 5) is 0. The molecule has 0 heterocycles. The quantitative estimate of drug-likeness (QED) is 0.265. The van der Waals surface area contributed by atoms with Crippen molar-refractivity contribution >= 4 is 46.4 Å². The van der Waals surface area contributed by atoms with Crippen molar-refractivity contribution in [3.63, 3.8) is 0 Å². The Morgan fingerprint density at radius 2 is 0.969 bits per heavy atom. The molecule has 0 aromatic heterocycles. The van der Waals surface area contributed by atoms with Gasteiger partial charge in [-0.05, 0) is 37.1 Å². The fourth-order valence-corrected chi connectivity index (χ4v) is 4.08. The van der Waals surface area contributed by atoms with Crippen LogP contribution in [0, 0.1) is 0 Å². The maximum Gasteiger partial charge on any atom is 0.106 e. The first-order valence-corrected chi connectivity index (χ1v) is 12.3. The van der Waals surface area contributed by atoms with E-state index in [9.17, 15) is 20.4 Å². The zero-order valence-electron chi connectivity index (χ0n) is 18.3. The Morgan fingerprint density at radius 1 is 0.625 bits per heavy atom. The number of hydrogen-bond donors (Lipinski definition) is 4. The summed E-state index contributed by atoms with van der Waals surface area (Å²) in [6, 6.07) is 9.72. The molecule has 180 valence electrons. The van der Waals surface area contributed by atoms with E-state index in [1.54, 1.807) is 36.4 Å². The number of hydrogen-bond acceptors (Lipinski definition) is 4. The first kappa shape index (κ1) is 29.5. The van der Waals surface area contributed by atoms with Crippen molar-refractivity contribution < 1.29 is 20.4 Å². The average molecular weight is 526 g/mol.